The van der Waals surface area contributed by atoms with E-state index in [0.29, 0.717) is 23.5 Å². The van der Waals surface area contributed by atoms with Gasteiger partial charge in [0, 0.05) is 18.2 Å². The van der Waals surface area contributed by atoms with E-state index in [9.17, 15) is 14.0 Å². The number of fused-ring (bicyclic) bond motifs is 1. The van der Waals surface area contributed by atoms with Gasteiger partial charge >= 0.3 is 0 Å². The lowest BCUT2D eigenvalue weighted by Gasteiger charge is -2.24. The van der Waals surface area contributed by atoms with E-state index in [0.717, 1.165) is 18.4 Å². The first kappa shape index (κ1) is 15.6. The number of rotatable bonds is 4. The molecule has 0 aromatic heterocycles. The van der Waals surface area contributed by atoms with Crippen molar-refractivity contribution in [2.75, 3.05) is 11.9 Å². The molecule has 2 aromatic rings. The van der Waals surface area contributed by atoms with E-state index >= 15 is 0 Å². The summed E-state index contributed by atoms with van der Waals surface area (Å²) in [6.45, 7) is 0.316. The van der Waals surface area contributed by atoms with Crippen molar-refractivity contribution in [1.82, 2.24) is 4.90 Å². The molecule has 1 saturated carbocycles. The molecule has 1 aliphatic carbocycles. The molecule has 0 atom stereocenters. The molecule has 1 heterocycles. The standard InChI is InChI=1S/C19H17FN2O3/c20-14-3-1-2-12(8-14)10-22(15-5-6-15)19(24)13-4-7-16-17(9-13)25-11-18(23)21-16/h1-4,7-9,15H,5-6,10-11H2,(H,21,23). The number of carbonyl (C=O) groups is 2. The fourth-order valence-corrected chi connectivity index (χ4v) is 2.96. The maximum absolute atomic E-state index is 13.4. The van der Waals surface area contributed by atoms with Gasteiger partial charge in [-0.25, -0.2) is 4.39 Å². The van der Waals surface area contributed by atoms with Crippen LogP contribution in [0.15, 0.2) is 42.5 Å². The number of hydrogen-bond acceptors (Lipinski definition) is 3. The van der Waals surface area contributed by atoms with Crippen molar-refractivity contribution in [3.8, 4) is 5.75 Å². The highest BCUT2D eigenvalue weighted by Gasteiger charge is 2.33. The van der Waals surface area contributed by atoms with Crippen LogP contribution in [0.25, 0.3) is 0 Å². The van der Waals surface area contributed by atoms with Crippen molar-refractivity contribution >= 4 is 17.5 Å². The van der Waals surface area contributed by atoms with Crippen molar-refractivity contribution < 1.29 is 18.7 Å². The molecule has 1 N–H and O–H groups in total. The summed E-state index contributed by atoms with van der Waals surface area (Å²) in [5, 5.41) is 2.71. The monoisotopic (exact) mass is 340 g/mol. The van der Waals surface area contributed by atoms with E-state index in [1.807, 2.05) is 6.07 Å². The number of nitrogens with zero attached hydrogens (tertiary/aromatic N) is 1. The fraction of sp³-hybridized carbons (Fsp3) is 0.263. The average molecular weight is 340 g/mol. The van der Waals surface area contributed by atoms with Crippen molar-refractivity contribution in [3.05, 3.63) is 59.4 Å². The van der Waals surface area contributed by atoms with E-state index in [2.05, 4.69) is 5.32 Å². The Hall–Kier alpha value is -2.89. The molecule has 0 spiro atoms. The number of halogens is 1. The first-order chi connectivity index (χ1) is 12.1. The summed E-state index contributed by atoms with van der Waals surface area (Å²) < 4.78 is 18.8. The fourth-order valence-electron chi connectivity index (χ4n) is 2.96. The molecule has 0 saturated heterocycles. The van der Waals surface area contributed by atoms with Crippen LogP contribution >= 0.6 is 0 Å². The molecule has 2 aliphatic rings. The Morgan fingerprint density at radius 3 is 2.84 bits per heavy atom. The van der Waals surface area contributed by atoms with Gasteiger partial charge in [-0.2, -0.15) is 0 Å². The third kappa shape index (κ3) is 3.33. The summed E-state index contributed by atoms with van der Waals surface area (Å²) in [4.78, 5) is 26.1. The number of amides is 2. The van der Waals surface area contributed by atoms with E-state index in [-0.39, 0.29) is 30.3 Å². The predicted octanol–water partition coefficient (Wildman–Crippen LogP) is 2.96. The molecule has 6 heteroatoms. The third-order valence-corrected chi connectivity index (χ3v) is 4.35. The van der Waals surface area contributed by atoms with Crippen molar-refractivity contribution in [2.45, 2.75) is 25.4 Å². The van der Waals surface area contributed by atoms with Crippen LogP contribution in [-0.4, -0.2) is 29.4 Å². The van der Waals surface area contributed by atoms with Crippen LogP contribution in [-0.2, 0) is 11.3 Å². The first-order valence-corrected chi connectivity index (χ1v) is 8.22. The highest BCUT2D eigenvalue weighted by atomic mass is 19.1. The smallest absolute Gasteiger partial charge is 0.262 e. The van der Waals surface area contributed by atoms with Crippen LogP contribution in [0.3, 0.4) is 0 Å². The number of anilines is 1. The predicted molar refractivity (Wildman–Crippen MR) is 89.9 cm³/mol. The van der Waals surface area contributed by atoms with Crippen molar-refractivity contribution in [2.24, 2.45) is 0 Å². The second kappa shape index (κ2) is 6.20. The summed E-state index contributed by atoms with van der Waals surface area (Å²) >= 11 is 0. The average Bonchev–Trinajstić information content (AvgIpc) is 3.43. The van der Waals surface area contributed by atoms with Gasteiger partial charge in [0.25, 0.3) is 11.8 Å². The number of nitrogens with one attached hydrogen (secondary N) is 1. The highest BCUT2D eigenvalue weighted by Crippen LogP contribution is 2.33. The molecule has 25 heavy (non-hydrogen) atoms. The van der Waals surface area contributed by atoms with Crippen LogP contribution < -0.4 is 10.1 Å². The lowest BCUT2D eigenvalue weighted by Crippen LogP contribution is -2.33. The largest absolute Gasteiger partial charge is 0.482 e. The second-order valence-electron chi connectivity index (χ2n) is 6.34. The molecule has 2 aromatic carbocycles. The Morgan fingerprint density at radius 2 is 2.08 bits per heavy atom. The molecular formula is C19H17FN2O3. The second-order valence-corrected chi connectivity index (χ2v) is 6.34. The maximum atomic E-state index is 13.4. The summed E-state index contributed by atoms with van der Waals surface area (Å²) in [5.74, 6) is -0.141. The highest BCUT2D eigenvalue weighted by molar-refractivity contribution is 5.99. The van der Waals surface area contributed by atoms with Crippen LogP contribution in [0.2, 0.25) is 0 Å². The van der Waals surface area contributed by atoms with Crippen molar-refractivity contribution in [3.63, 3.8) is 0 Å². The van der Waals surface area contributed by atoms with Gasteiger partial charge in [-0.1, -0.05) is 12.1 Å². The Bertz CT molecular complexity index is 848. The first-order valence-electron chi connectivity index (χ1n) is 8.22. The number of hydrogen-bond donors (Lipinski definition) is 1. The van der Waals surface area contributed by atoms with Gasteiger partial charge in [0.1, 0.15) is 11.6 Å². The minimum Gasteiger partial charge on any atom is -0.482 e. The van der Waals surface area contributed by atoms with Gasteiger partial charge in [-0.05, 0) is 48.7 Å². The normalized spacial score (nSPS) is 15.8. The molecule has 0 bridgehead atoms. The molecule has 2 amide bonds. The van der Waals surface area contributed by atoms with E-state index < -0.39 is 0 Å². The zero-order chi connectivity index (χ0) is 17.4. The SMILES string of the molecule is O=C1COc2cc(C(=O)N(Cc3cccc(F)c3)C3CC3)ccc2N1. The molecule has 4 rings (SSSR count). The molecular weight excluding hydrogens is 323 g/mol. The van der Waals surface area contributed by atoms with E-state index in [4.69, 9.17) is 4.74 Å². The summed E-state index contributed by atoms with van der Waals surface area (Å²) in [6, 6.07) is 11.5. The van der Waals surface area contributed by atoms with Crippen LogP contribution in [0.1, 0.15) is 28.8 Å². The topological polar surface area (TPSA) is 58.6 Å². The lowest BCUT2D eigenvalue weighted by molar-refractivity contribution is -0.118. The molecule has 1 fully saturated rings. The van der Waals surface area contributed by atoms with Gasteiger partial charge in [0.05, 0.1) is 5.69 Å². The number of carbonyl (C=O) groups excluding carboxylic acids is 2. The minimum atomic E-state index is -0.307. The van der Waals surface area contributed by atoms with Crippen LogP contribution in [0, 0.1) is 5.82 Å². The van der Waals surface area contributed by atoms with Gasteiger partial charge in [0.2, 0.25) is 0 Å². The molecule has 128 valence electrons. The molecule has 1 aliphatic heterocycles. The molecule has 0 unspecified atom stereocenters. The quantitative estimate of drug-likeness (QED) is 0.931. The Labute approximate surface area is 144 Å². The third-order valence-electron chi connectivity index (χ3n) is 4.35. The number of benzene rings is 2. The molecule has 5 nitrogen and oxygen atoms in total. The van der Waals surface area contributed by atoms with Gasteiger partial charge in [0.15, 0.2) is 6.61 Å². The van der Waals surface area contributed by atoms with Gasteiger partial charge in [-0.15, -0.1) is 0 Å². The van der Waals surface area contributed by atoms with Crippen LogP contribution in [0.5, 0.6) is 5.75 Å². The Morgan fingerprint density at radius 1 is 1.24 bits per heavy atom. The molecule has 0 radical (unpaired) electrons. The summed E-state index contributed by atoms with van der Waals surface area (Å²) in [7, 11) is 0. The summed E-state index contributed by atoms with van der Waals surface area (Å²) in [5.41, 5.74) is 1.83. The Balaban J connectivity index is 1.58. The number of ether oxygens (including phenoxy) is 1. The minimum absolute atomic E-state index is 0.0553. The van der Waals surface area contributed by atoms with Gasteiger partial charge < -0.3 is 15.0 Å². The lowest BCUT2D eigenvalue weighted by atomic mass is 10.1. The van der Waals surface area contributed by atoms with Crippen molar-refractivity contribution in [1.29, 1.82) is 0 Å². The zero-order valence-electron chi connectivity index (χ0n) is 13.5. The van der Waals surface area contributed by atoms with E-state index in [1.54, 1.807) is 29.2 Å². The van der Waals surface area contributed by atoms with E-state index in [1.165, 1.54) is 12.1 Å². The summed E-state index contributed by atoms with van der Waals surface area (Å²) in [6.07, 6.45) is 1.91. The Kier molecular flexibility index (Phi) is 3.87. The van der Waals surface area contributed by atoms with Crippen LogP contribution in [0.4, 0.5) is 10.1 Å². The maximum Gasteiger partial charge on any atom is 0.262 e. The zero-order valence-corrected chi connectivity index (χ0v) is 13.5. The van der Waals surface area contributed by atoms with Gasteiger partial charge in [-0.3, -0.25) is 9.59 Å².